The molecule has 3 heterocycles. The van der Waals surface area contributed by atoms with E-state index in [1.807, 2.05) is 6.92 Å². The van der Waals surface area contributed by atoms with Gasteiger partial charge in [-0.3, -0.25) is 0 Å². The molecule has 5 fully saturated rings. The Morgan fingerprint density at radius 2 is 1.88 bits per heavy atom. The SMILES string of the molecule is CC1=C2C3OC34CCC3C(C)(C)C(O)CCC3(C)C4C3OC23OC1=O. The first-order valence-corrected chi connectivity index (χ1v) is 9.67. The summed E-state index contributed by atoms with van der Waals surface area (Å²) >= 11 is 0. The van der Waals surface area contributed by atoms with Gasteiger partial charge in [-0.1, -0.05) is 20.8 Å². The molecule has 5 heteroatoms. The maximum atomic E-state index is 12.2. The van der Waals surface area contributed by atoms with Crippen molar-refractivity contribution in [2.45, 2.75) is 83.1 Å². The van der Waals surface area contributed by atoms with Crippen LogP contribution in [-0.4, -0.2) is 40.8 Å². The average Bonchev–Trinajstić information content (AvgIpc) is 3.39. The molecule has 6 aliphatic rings. The van der Waals surface area contributed by atoms with Gasteiger partial charge in [0.2, 0.25) is 0 Å². The highest BCUT2D eigenvalue weighted by Gasteiger charge is 2.88. The van der Waals surface area contributed by atoms with Crippen LogP contribution < -0.4 is 0 Å². The summed E-state index contributed by atoms with van der Waals surface area (Å²) in [6.45, 7) is 8.62. The van der Waals surface area contributed by atoms with Gasteiger partial charge in [-0.15, -0.1) is 0 Å². The lowest BCUT2D eigenvalue weighted by atomic mass is 9.43. The summed E-state index contributed by atoms with van der Waals surface area (Å²) in [6.07, 6.45) is 3.49. The third-order valence-electron chi connectivity index (χ3n) is 8.81. The summed E-state index contributed by atoms with van der Waals surface area (Å²) in [4.78, 5) is 12.2. The highest BCUT2D eigenvalue weighted by atomic mass is 16.8. The van der Waals surface area contributed by atoms with Crippen molar-refractivity contribution in [3.05, 3.63) is 11.1 Å². The van der Waals surface area contributed by atoms with Gasteiger partial charge in [0, 0.05) is 17.1 Å². The summed E-state index contributed by atoms with van der Waals surface area (Å²) < 4.78 is 18.3. The van der Waals surface area contributed by atoms with Gasteiger partial charge in [-0.2, -0.15) is 0 Å². The number of epoxide rings is 2. The predicted molar refractivity (Wildman–Crippen MR) is 87.3 cm³/mol. The minimum absolute atomic E-state index is 0.0181. The van der Waals surface area contributed by atoms with E-state index >= 15 is 0 Å². The van der Waals surface area contributed by atoms with Crippen molar-refractivity contribution in [3.63, 3.8) is 0 Å². The number of carbonyl (C=O) groups is 1. The zero-order valence-electron chi connectivity index (χ0n) is 15.3. The van der Waals surface area contributed by atoms with E-state index in [9.17, 15) is 9.90 Å². The summed E-state index contributed by atoms with van der Waals surface area (Å²) in [5.41, 5.74) is 1.40. The molecule has 1 N–H and O–H groups in total. The van der Waals surface area contributed by atoms with Gasteiger partial charge in [0.05, 0.1) is 6.10 Å². The number of aliphatic hydroxyl groups is 1. The van der Waals surface area contributed by atoms with E-state index in [2.05, 4.69) is 20.8 Å². The molecular formula is C20H26O5. The van der Waals surface area contributed by atoms with Gasteiger partial charge in [-0.25, -0.2) is 4.79 Å². The minimum Gasteiger partial charge on any atom is -0.422 e. The standard InChI is InChI=1S/C20H26O5/c1-9-12-14-19(23-14)8-5-10-17(2,3)11(21)6-7-18(10,4)13(19)15-20(12,24-15)25-16(9)22/h10-11,13-15,21H,5-8H2,1-4H3. The quantitative estimate of drug-likeness (QED) is 0.538. The van der Waals surface area contributed by atoms with Crippen LogP contribution in [0.5, 0.6) is 0 Å². The topological polar surface area (TPSA) is 71.6 Å². The Hall–Kier alpha value is -0.910. The molecule has 3 aliphatic heterocycles. The van der Waals surface area contributed by atoms with Crippen molar-refractivity contribution < 1.29 is 24.1 Å². The summed E-state index contributed by atoms with van der Waals surface area (Å²) in [5.74, 6) is -0.420. The van der Waals surface area contributed by atoms with Crippen molar-refractivity contribution in [1.29, 1.82) is 0 Å². The number of aliphatic hydroxyl groups excluding tert-OH is 1. The molecule has 136 valence electrons. The molecule has 0 aromatic rings. The molecule has 0 bridgehead atoms. The van der Waals surface area contributed by atoms with E-state index < -0.39 is 5.79 Å². The van der Waals surface area contributed by atoms with Gasteiger partial charge in [-0.05, 0) is 49.4 Å². The van der Waals surface area contributed by atoms with Crippen molar-refractivity contribution in [2.24, 2.45) is 22.7 Å². The molecule has 5 nitrogen and oxygen atoms in total. The Morgan fingerprint density at radius 3 is 2.64 bits per heavy atom. The number of hydrogen-bond acceptors (Lipinski definition) is 5. The Kier molecular flexibility index (Phi) is 2.34. The number of fused-ring (bicyclic) bond motifs is 4. The molecule has 25 heavy (non-hydrogen) atoms. The maximum Gasteiger partial charge on any atom is 0.336 e. The largest absolute Gasteiger partial charge is 0.422 e. The molecule has 6 rings (SSSR count). The van der Waals surface area contributed by atoms with Crippen LogP contribution in [0.4, 0.5) is 0 Å². The molecular weight excluding hydrogens is 320 g/mol. The first-order valence-electron chi connectivity index (χ1n) is 9.67. The normalized spacial score (nSPS) is 59.9. The number of ether oxygens (including phenoxy) is 3. The molecule has 2 saturated heterocycles. The first-order chi connectivity index (χ1) is 11.7. The Morgan fingerprint density at radius 1 is 1.12 bits per heavy atom. The Bertz CT molecular complexity index is 755. The highest BCUT2D eigenvalue weighted by Crippen LogP contribution is 2.77. The van der Waals surface area contributed by atoms with Crippen LogP contribution in [0.2, 0.25) is 0 Å². The zero-order chi connectivity index (χ0) is 17.6. The third-order valence-corrected chi connectivity index (χ3v) is 8.81. The van der Waals surface area contributed by atoms with Crippen LogP contribution in [0, 0.1) is 22.7 Å². The van der Waals surface area contributed by atoms with Crippen molar-refractivity contribution in [1.82, 2.24) is 0 Å². The van der Waals surface area contributed by atoms with E-state index in [0.29, 0.717) is 11.5 Å². The van der Waals surface area contributed by atoms with Crippen LogP contribution in [0.1, 0.15) is 53.4 Å². The molecule has 3 saturated carbocycles. The molecule has 2 spiro atoms. The summed E-state index contributed by atoms with van der Waals surface area (Å²) in [5, 5.41) is 10.6. The van der Waals surface area contributed by atoms with Gasteiger partial charge < -0.3 is 19.3 Å². The molecule has 0 aromatic carbocycles. The first kappa shape index (κ1) is 15.2. The van der Waals surface area contributed by atoms with Gasteiger partial charge in [0.1, 0.15) is 17.8 Å². The summed E-state index contributed by atoms with van der Waals surface area (Å²) in [6, 6.07) is 0. The van der Waals surface area contributed by atoms with Crippen LogP contribution >= 0.6 is 0 Å². The lowest BCUT2D eigenvalue weighted by molar-refractivity contribution is -0.161. The number of hydrogen-bond donors (Lipinski definition) is 1. The number of rotatable bonds is 0. The van der Waals surface area contributed by atoms with E-state index in [0.717, 1.165) is 31.3 Å². The Balaban J connectivity index is 1.48. The van der Waals surface area contributed by atoms with Gasteiger partial charge in [0.15, 0.2) is 0 Å². The van der Waals surface area contributed by atoms with Crippen LogP contribution in [-0.2, 0) is 19.0 Å². The number of carbonyl (C=O) groups excluding carboxylic acids is 1. The average molecular weight is 346 g/mol. The highest BCUT2D eigenvalue weighted by molar-refractivity contribution is 5.93. The molecule has 0 radical (unpaired) electrons. The lowest BCUT2D eigenvalue weighted by Gasteiger charge is -2.60. The van der Waals surface area contributed by atoms with Crippen LogP contribution in [0.25, 0.3) is 0 Å². The van der Waals surface area contributed by atoms with Crippen molar-refractivity contribution in [3.8, 4) is 0 Å². The second-order valence-electron chi connectivity index (χ2n) is 10.0. The fraction of sp³-hybridized carbons (Fsp3) is 0.850. The fourth-order valence-electron chi connectivity index (χ4n) is 7.51. The lowest BCUT2D eigenvalue weighted by Crippen LogP contribution is -2.62. The van der Waals surface area contributed by atoms with Crippen molar-refractivity contribution in [2.75, 3.05) is 0 Å². The molecule has 8 unspecified atom stereocenters. The molecule has 3 aliphatic carbocycles. The zero-order valence-corrected chi connectivity index (χ0v) is 15.3. The second kappa shape index (κ2) is 3.85. The van der Waals surface area contributed by atoms with Gasteiger partial charge >= 0.3 is 5.97 Å². The second-order valence-corrected chi connectivity index (χ2v) is 10.0. The minimum atomic E-state index is -0.832. The number of esters is 1. The van der Waals surface area contributed by atoms with Crippen molar-refractivity contribution >= 4 is 5.97 Å². The van der Waals surface area contributed by atoms with E-state index in [1.54, 1.807) is 0 Å². The van der Waals surface area contributed by atoms with Crippen LogP contribution in [0.15, 0.2) is 11.1 Å². The van der Waals surface area contributed by atoms with E-state index in [1.165, 1.54) is 0 Å². The molecule has 0 aromatic heterocycles. The molecule has 0 amide bonds. The summed E-state index contributed by atoms with van der Waals surface area (Å²) in [7, 11) is 0. The van der Waals surface area contributed by atoms with E-state index in [4.69, 9.17) is 14.2 Å². The van der Waals surface area contributed by atoms with Crippen LogP contribution in [0.3, 0.4) is 0 Å². The predicted octanol–water partition coefficient (Wildman–Crippen LogP) is 2.32. The third kappa shape index (κ3) is 1.39. The maximum absolute atomic E-state index is 12.2. The monoisotopic (exact) mass is 346 g/mol. The van der Waals surface area contributed by atoms with Gasteiger partial charge in [0.25, 0.3) is 5.79 Å². The molecule has 8 atom stereocenters. The Labute approximate surface area is 147 Å². The fourth-order valence-corrected chi connectivity index (χ4v) is 7.51. The smallest absolute Gasteiger partial charge is 0.336 e. The van der Waals surface area contributed by atoms with E-state index in [-0.39, 0.29) is 46.6 Å².